The first kappa shape index (κ1) is 11.7. The highest BCUT2D eigenvalue weighted by atomic mass is 16.5. The molecule has 0 radical (unpaired) electrons. The number of carbonyl (C=O) groups is 1. The Labute approximate surface area is 98.8 Å². The van der Waals surface area contributed by atoms with Crippen molar-refractivity contribution in [3.05, 3.63) is 29.5 Å². The monoisotopic (exact) mass is 234 g/mol. The van der Waals surface area contributed by atoms with Crippen molar-refractivity contribution in [2.45, 2.75) is 26.9 Å². The van der Waals surface area contributed by atoms with Gasteiger partial charge in [0.1, 0.15) is 11.3 Å². The van der Waals surface area contributed by atoms with Crippen molar-refractivity contribution in [2.75, 3.05) is 0 Å². The summed E-state index contributed by atoms with van der Waals surface area (Å²) in [6.45, 7) is 3.23. The van der Waals surface area contributed by atoms with Crippen molar-refractivity contribution in [2.24, 2.45) is 0 Å². The SMILES string of the molecule is CCc1cc(CO)c2occc2c1OC(C)=O. The lowest BCUT2D eigenvalue weighted by Crippen LogP contribution is -2.05. The molecule has 0 bridgehead atoms. The fraction of sp³-hybridized carbons (Fsp3) is 0.308. The van der Waals surface area contributed by atoms with Crippen LogP contribution in [0.5, 0.6) is 5.75 Å². The summed E-state index contributed by atoms with van der Waals surface area (Å²) in [5, 5.41) is 10.0. The molecule has 0 aliphatic rings. The number of hydrogen-bond acceptors (Lipinski definition) is 4. The Morgan fingerprint density at radius 3 is 2.82 bits per heavy atom. The first-order valence-corrected chi connectivity index (χ1v) is 5.48. The number of rotatable bonds is 3. The van der Waals surface area contributed by atoms with E-state index in [2.05, 4.69) is 0 Å². The second-order valence-corrected chi connectivity index (χ2v) is 3.79. The van der Waals surface area contributed by atoms with Crippen LogP contribution < -0.4 is 4.74 Å². The van der Waals surface area contributed by atoms with Gasteiger partial charge >= 0.3 is 5.97 Å². The highest BCUT2D eigenvalue weighted by Crippen LogP contribution is 2.34. The van der Waals surface area contributed by atoms with Gasteiger partial charge in [-0.15, -0.1) is 0 Å². The number of ether oxygens (including phenoxy) is 1. The number of aryl methyl sites for hydroxylation is 1. The van der Waals surface area contributed by atoms with E-state index in [1.807, 2.05) is 13.0 Å². The Bertz CT molecular complexity index is 554. The van der Waals surface area contributed by atoms with Crippen LogP contribution in [0.1, 0.15) is 25.0 Å². The van der Waals surface area contributed by atoms with Gasteiger partial charge in [0, 0.05) is 12.5 Å². The standard InChI is InChI=1S/C13H14O4/c1-3-9-6-10(7-14)12-11(4-5-16-12)13(9)17-8(2)15/h4-6,14H,3,7H2,1-2H3. The van der Waals surface area contributed by atoms with Gasteiger partial charge in [-0.2, -0.15) is 0 Å². The Morgan fingerprint density at radius 1 is 1.47 bits per heavy atom. The summed E-state index contributed by atoms with van der Waals surface area (Å²) in [6.07, 6.45) is 2.24. The maximum atomic E-state index is 11.1. The number of aliphatic hydroxyl groups excluding tert-OH is 1. The number of furan rings is 1. The minimum Gasteiger partial charge on any atom is -0.464 e. The van der Waals surface area contributed by atoms with E-state index in [0.29, 0.717) is 16.9 Å². The van der Waals surface area contributed by atoms with E-state index in [1.54, 1.807) is 6.07 Å². The van der Waals surface area contributed by atoms with Crippen LogP contribution in [-0.2, 0) is 17.8 Å². The van der Waals surface area contributed by atoms with Crippen LogP contribution in [-0.4, -0.2) is 11.1 Å². The average Bonchev–Trinajstić information content (AvgIpc) is 2.78. The summed E-state index contributed by atoms with van der Waals surface area (Å²) in [5.74, 6) is 0.167. The molecule has 17 heavy (non-hydrogen) atoms. The number of hydrogen-bond donors (Lipinski definition) is 1. The lowest BCUT2D eigenvalue weighted by atomic mass is 10.0. The first-order valence-electron chi connectivity index (χ1n) is 5.48. The molecule has 90 valence electrons. The molecular formula is C13H14O4. The van der Waals surface area contributed by atoms with Gasteiger partial charge in [0.15, 0.2) is 0 Å². The maximum Gasteiger partial charge on any atom is 0.308 e. The molecule has 1 N–H and O–H groups in total. The summed E-state index contributed by atoms with van der Waals surface area (Å²) >= 11 is 0. The summed E-state index contributed by atoms with van der Waals surface area (Å²) in [7, 11) is 0. The zero-order chi connectivity index (χ0) is 12.4. The largest absolute Gasteiger partial charge is 0.464 e. The molecule has 0 amide bonds. The second kappa shape index (κ2) is 4.59. The predicted molar refractivity (Wildman–Crippen MR) is 62.8 cm³/mol. The molecule has 0 saturated carbocycles. The van der Waals surface area contributed by atoms with Crippen LogP contribution in [0.3, 0.4) is 0 Å². The Morgan fingerprint density at radius 2 is 2.24 bits per heavy atom. The molecule has 4 heteroatoms. The third-order valence-electron chi connectivity index (χ3n) is 2.64. The fourth-order valence-electron chi connectivity index (χ4n) is 1.90. The van der Waals surface area contributed by atoms with Crippen molar-refractivity contribution in [3.8, 4) is 5.75 Å². The van der Waals surface area contributed by atoms with Crippen molar-refractivity contribution >= 4 is 16.9 Å². The molecule has 0 aliphatic carbocycles. The first-order chi connectivity index (χ1) is 8.17. The van der Waals surface area contributed by atoms with E-state index in [4.69, 9.17) is 9.15 Å². The van der Waals surface area contributed by atoms with Gasteiger partial charge in [-0.25, -0.2) is 0 Å². The molecule has 2 rings (SSSR count). The highest BCUT2D eigenvalue weighted by Gasteiger charge is 2.15. The minimum absolute atomic E-state index is 0.0998. The molecule has 0 aliphatic heterocycles. The van der Waals surface area contributed by atoms with E-state index in [9.17, 15) is 9.90 Å². The molecule has 1 heterocycles. The lowest BCUT2D eigenvalue weighted by molar-refractivity contribution is -0.131. The zero-order valence-electron chi connectivity index (χ0n) is 9.82. The molecule has 4 nitrogen and oxygen atoms in total. The Kier molecular flexibility index (Phi) is 3.15. The average molecular weight is 234 g/mol. The van der Waals surface area contributed by atoms with Crippen LogP contribution in [0.15, 0.2) is 22.8 Å². The molecule has 0 atom stereocenters. The summed E-state index contributed by atoms with van der Waals surface area (Å²) in [4.78, 5) is 11.1. The van der Waals surface area contributed by atoms with E-state index in [0.717, 1.165) is 17.4 Å². The summed E-state index contributed by atoms with van der Waals surface area (Å²) in [5.41, 5.74) is 2.16. The van der Waals surface area contributed by atoms with Crippen LogP contribution >= 0.6 is 0 Å². The van der Waals surface area contributed by atoms with Crippen molar-refractivity contribution in [1.82, 2.24) is 0 Å². The van der Waals surface area contributed by atoms with Gasteiger partial charge in [0.05, 0.1) is 18.3 Å². The zero-order valence-corrected chi connectivity index (χ0v) is 9.82. The molecule has 0 saturated heterocycles. The van der Waals surface area contributed by atoms with E-state index in [1.165, 1.54) is 13.2 Å². The number of fused-ring (bicyclic) bond motifs is 1. The van der Waals surface area contributed by atoms with Gasteiger partial charge < -0.3 is 14.3 Å². The Balaban J connectivity index is 2.70. The van der Waals surface area contributed by atoms with Crippen molar-refractivity contribution in [1.29, 1.82) is 0 Å². The number of benzene rings is 1. The predicted octanol–water partition coefficient (Wildman–Crippen LogP) is 2.41. The number of aliphatic hydroxyl groups is 1. The van der Waals surface area contributed by atoms with Crippen LogP contribution in [0.4, 0.5) is 0 Å². The quantitative estimate of drug-likeness (QED) is 0.654. The van der Waals surface area contributed by atoms with Gasteiger partial charge in [0.25, 0.3) is 0 Å². The van der Waals surface area contributed by atoms with Crippen LogP contribution in [0.2, 0.25) is 0 Å². The highest BCUT2D eigenvalue weighted by molar-refractivity contribution is 5.90. The van der Waals surface area contributed by atoms with Gasteiger partial charge in [-0.3, -0.25) is 4.79 Å². The third kappa shape index (κ3) is 2.03. The van der Waals surface area contributed by atoms with E-state index >= 15 is 0 Å². The molecule has 0 unspecified atom stereocenters. The normalized spacial score (nSPS) is 10.8. The fourth-order valence-corrected chi connectivity index (χ4v) is 1.90. The molecule has 1 aromatic heterocycles. The molecule has 1 aromatic carbocycles. The minimum atomic E-state index is -0.362. The molecule has 0 spiro atoms. The lowest BCUT2D eigenvalue weighted by Gasteiger charge is -2.10. The number of carbonyl (C=O) groups excluding carboxylic acids is 1. The van der Waals surface area contributed by atoms with Crippen molar-refractivity contribution in [3.63, 3.8) is 0 Å². The van der Waals surface area contributed by atoms with Gasteiger partial charge in [-0.05, 0) is 24.1 Å². The Hall–Kier alpha value is -1.81. The van der Waals surface area contributed by atoms with E-state index < -0.39 is 0 Å². The van der Waals surface area contributed by atoms with Crippen molar-refractivity contribution < 1.29 is 19.1 Å². The second-order valence-electron chi connectivity index (χ2n) is 3.79. The van der Waals surface area contributed by atoms with E-state index in [-0.39, 0.29) is 12.6 Å². The summed E-state index contributed by atoms with van der Waals surface area (Å²) in [6, 6.07) is 3.55. The van der Waals surface area contributed by atoms with Gasteiger partial charge in [-0.1, -0.05) is 6.92 Å². The third-order valence-corrected chi connectivity index (χ3v) is 2.64. The molecular weight excluding hydrogens is 220 g/mol. The molecule has 0 fully saturated rings. The number of esters is 1. The van der Waals surface area contributed by atoms with Crippen LogP contribution in [0, 0.1) is 0 Å². The summed E-state index contributed by atoms with van der Waals surface area (Å²) < 4.78 is 10.5. The van der Waals surface area contributed by atoms with Gasteiger partial charge in [0.2, 0.25) is 0 Å². The topological polar surface area (TPSA) is 59.7 Å². The smallest absolute Gasteiger partial charge is 0.308 e. The molecule has 2 aromatic rings. The maximum absolute atomic E-state index is 11.1. The van der Waals surface area contributed by atoms with Crippen LogP contribution in [0.25, 0.3) is 11.0 Å².